The zero-order valence-corrected chi connectivity index (χ0v) is 11.4. The maximum atomic E-state index is 12.3. The molecule has 2 aromatic rings. The van der Waals surface area contributed by atoms with Crippen LogP contribution in [0, 0.1) is 0 Å². The van der Waals surface area contributed by atoms with E-state index in [1.807, 2.05) is 6.07 Å². The Hall–Kier alpha value is -2.66. The molecule has 1 amide bonds. The van der Waals surface area contributed by atoms with Crippen molar-refractivity contribution in [2.24, 2.45) is 0 Å². The van der Waals surface area contributed by atoms with Gasteiger partial charge in [0.05, 0.1) is 5.97 Å². The number of carbonyl (C=O) groups excluding carboxylic acids is 2. The Morgan fingerprint density at radius 1 is 1.05 bits per heavy atom. The molecule has 5 nitrogen and oxygen atoms in total. The normalized spacial score (nSPS) is 11.7. The molecule has 5 heteroatoms. The summed E-state index contributed by atoms with van der Waals surface area (Å²) in [6, 6.07) is 15.0. The molecule has 0 radical (unpaired) electrons. The second kappa shape index (κ2) is 6.67. The van der Waals surface area contributed by atoms with Crippen LogP contribution in [0.25, 0.3) is 0 Å². The molecule has 0 unspecified atom stereocenters. The third kappa shape index (κ3) is 3.46. The molecule has 2 aromatic carbocycles. The summed E-state index contributed by atoms with van der Waals surface area (Å²) in [6.07, 6.45) is -0.819. The average molecular weight is 284 g/mol. The predicted molar refractivity (Wildman–Crippen MR) is 75.6 cm³/mol. The van der Waals surface area contributed by atoms with Crippen molar-refractivity contribution < 1.29 is 19.4 Å². The van der Waals surface area contributed by atoms with Crippen LogP contribution in [-0.2, 0) is 9.53 Å². The van der Waals surface area contributed by atoms with Crippen molar-refractivity contribution in [3.63, 3.8) is 0 Å². The van der Waals surface area contributed by atoms with E-state index < -0.39 is 18.0 Å². The molecule has 21 heavy (non-hydrogen) atoms. The molecule has 1 atom stereocenters. The largest absolute Gasteiger partial charge is 0.545 e. The Bertz CT molecular complexity index is 640. The lowest BCUT2D eigenvalue weighted by Gasteiger charge is -2.17. The van der Waals surface area contributed by atoms with Crippen LogP contribution in [0.4, 0.5) is 5.69 Å². The molecule has 108 valence electrons. The van der Waals surface area contributed by atoms with Crippen LogP contribution in [0.5, 0.6) is 0 Å². The number of anilines is 1. The van der Waals surface area contributed by atoms with E-state index in [-0.39, 0.29) is 11.3 Å². The Morgan fingerprint density at radius 2 is 1.67 bits per heavy atom. The third-order valence-electron chi connectivity index (χ3n) is 2.98. The molecule has 0 saturated heterocycles. The van der Waals surface area contributed by atoms with Crippen molar-refractivity contribution in [2.45, 2.75) is 6.10 Å². The van der Waals surface area contributed by atoms with E-state index in [9.17, 15) is 14.7 Å². The van der Waals surface area contributed by atoms with Gasteiger partial charge in [-0.1, -0.05) is 48.5 Å². The minimum atomic E-state index is -1.35. The summed E-state index contributed by atoms with van der Waals surface area (Å²) in [5.74, 6) is -1.79. The first-order chi connectivity index (χ1) is 10.1. The van der Waals surface area contributed by atoms with Gasteiger partial charge in [0.25, 0.3) is 5.91 Å². The first-order valence-electron chi connectivity index (χ1n) is 6.32. The highest BCUT2D eigenvalue weighted by molar-refractivity contribution is 6.01. The number of para-hydroxylation sites is 1. The van der Waals surface area contributed by atoms with Gasteiger partial charge >= 0.3 is 0 Å². The maximum absolute atomic E-state index is 12.3. The lowest BCUT2D eigenvalue weighted by Crippen LogP contribution is -2.27. The number of rotatable bonds is 5. The Morgan fingerprint density at radius 3 is 2.29 bits per heavy atom. The standard InChI is InChI=1S/C16H15NO4/c1-21-14(11-7-3-2-4-8-11)15(18)17-13-10-6-5-9-12(13)16(19)20/h2-10,14H,1H3,(H,17,18)(H,19,20)/p-1/t14-/m1/s1. The highest BCUT2D eigenvalue weighted by Crippen LogP contribution is 2.20. The maximum Gasteiger partial charge on any atom is 0.258 e. The topological polar surface area (TPSA) is 78.5 Å². The third-order valence-corrected chi connectivity index (χ3v) is 2.98. The quantitative estimate of drug-likeness (QED) is 0.899. The summed E-state index contributed by atoms with van der Waals surface area (Å²) < 4.78 is 5.20. The van der Waals surface area contributed by atoms with Crippen molar-refractivity contribution >= 4 is 17.6 Å². The van der Waals surface area contributed by atoms with Crippen molar-refractivity contribution in [3.8, 4) is 0 Å². The predicted octanol–water partition coefficient (Wildman–Crippen LogP) is 1.38. The second-order valence-electron chi connectivity index (χ2n) is 4.35. The van der Waals surface area contributed by atoms with Gasteiger partial charge in [0.2, 0.25) is 0 Å². The lowest BCUT2D eigenvalue weighted by molar-refractivity contribution is -0.254. The smallest absolute Gasteiger partial charge is 0.258 e. The van der Waals surface area contributed by atoms with Gasteiger partial charge in [-0.3, -0.25) is 4.79 Å². The highest BCUT2D eigenvalue weighted by atomic mass is 16.5. The van der Waals surface area contributed by atoms with Gasteiger partial charge in [-0.15, -0.1) is 0 Å². The van der Waals surface area contributed by atoms with E-state index in [0.717, 1.165) is 0 Å². The first kappa shape index (κ1) is 14.7. The van der Waals surface area contributed by atoms with Gasteiger partial charge in [0.1, 0.15) is 0 Å². The molecule has 0 bridgehead atoms. The van der Waals surface area contributed by atoms with Gasteiger partial charge in [0, 0.05) is 18.4 Å². The molecule has 2 rings (SSSR count). The minimum Gasteiger partial charge on any atom is -0.545 e. The van der Waals surface area contributed by atoms with E-state index in [4.69, 9.17) is 4.74 Å². The zero-order chi connectivity index (χ0) is 15.2. The molecule has 0 aliphatic carbocycles. The minimum absolute atomic E-state index is 0.0752. The number of carboxylic acids is 1. The molecule has 0 aromatic heterocycles. The van der Waals surface area contributed by atoms with Crippen molar-refractivity contribution in [1.29, 1.82) is 0 Å². The number of benzene rings is 2. The number of carboxylic acid groups (broad SMARTS) is 1. The van der Waals surface area contributed by atoms with Crippen molar-refractivity contribution in [1.82, 2.24) is 0 Å². The molecule has 0 saturated carbocycles. The number of hydrogen-bond donors (Lipinski definition) is 1. The highest BCUT2D eigenvalue weighted by Gasteiger charge is 2.20. The van der Waals surface area contributed by atoms with Crippen LogP contribution >= 0.6 is 0 Å². The van der Waals surface area contributed by atoms with Crippen LogP contribution in [0.15, 0.2) is 54.6 Å². The van der Waals surface area contributed by atoms with E-state index in [0.29, 0.717) is 5.56 Å². The lowest BCUT2D eigenvalue weighted by atomic mass is 10.1. The van der Waals surface area contributed by atoms with Crippen molar-refractivity contribution in [2.75, 3.05) is 12.4 Å². The molecule has 0 fully saturated rings. The summed E-state index contributed by atoms with van der Waals surface area (Å²) in [6.45, 7) is 0. The fourth-order valence-corrected chi connectivity index (χ4v) is 1.99. The van der Waals surface area contributed by atoms with Crippen molar-refractivity contribution in [3.05, 3.63) is 65.7 Å². The summed E-state index contributed by atoms with van der Waals surface area (Å²) in [5.41, 5.74) is 0.790. The number of amides is 1. The molecule has 0 spiro atoms. The number of methoxy groups -OCH3 is 1. The molecule has 0 heterocycles. The fourth-order valence-electron chi connectivity index (χ4n) is 1.99. The van der Waals surface area contributed by atoms with Gasteiger partial charge in [-0.25, -0.2) is 0 Å². The number of aromatic carboxylic acids is 1. The average Bonchev–Trinajstić information content (AvgIpc) is 2.49. The molecular formula is C16H14NO4-. The first-order valence-corrected chi connectivity index (χ1v) is 6.32. The van der Waals surface area contributed by atoms with Crippen LogP contribution in [0.2, 0.25) is 0 Å². The number of ether oxygens (including phenoxy) is 1. The van der Waals surface area contributed by atoms with Gasteiger partial charge in [-0.2, -0.15) is 0 Å². The van der Waals surface area contributed by atoms with Crippen LogP contribution in [0.1, 0.15) is 22.0 Å². The fraction of sp³-hybridized carbons (Fsp3) is 0.125. The van der Waals surface area contributed by atoms with Gasteiger partial charge in [-0.05, 0) is 11.6 Å². The van der Waals surface area contributed by atoms with Crippen LogP contribution in [-0.4, -0.2) is 19.0 Å². The Labute approximate surface area is 122 Å². The summed E-state index contributed by atoms with van der Waals surface area (Å²) in [7, 11) is 1.42. The molecular weight excluding hydrogens is 270 g/mol. The molecule has 1 N–H and O–H groups in total. The Kier molecular flexibility index (Phi) is 4.68. The SMILES string of the molecule is CO[C@@H](C(=O)Nc1ccccc1C(=O)[O-])c1ccccc1. The molecule has 0 aliphatic heterocycles. The van der Waals surface area contributed by atoms with E-state index in [2.05, 4.69) is 5.32 Å². The van der Waals surface area contributed by atoms with E-state index in [1.54, 1.807) is 36.4 Å². The van der Waals surface area contributed by atoms with Crippen LogP contribution < -0.4 is 10.4 Å². The number of nitrogens with one attached hydrogen (secondary N) is 1. The molecule has 0 aliphatic rings. The van der Waals surface area contributed by atoms with Crippen LogP contribution in [0.3, 0.4) is 0 Å². The zero-order valence-electron chi connectivity index (χ0n) is 11.4. The summed E-state index contributed by atoms with van der Waals surface area (Å²) in [5, 5.41) is 13.6. The summed E-state index contributed by atoms with van der Waals surface area (Å²) in [4.78, 5) is 23.3. The Balaban J connectivity index is 2.23. The summed E-state index contributed by atoms with van der Waals surface area (Å²) >= 11 is 0. The number of carbonyl (C=O) groups is 2. The van der Waals surface area contributed by atoms with Gasteiger partial charge < -0.3 is 20.0 Å². The van der Waals surface area contributed by atoms with E-state index >= 15 is 0 Å². The second-order valence-corrected chi connectivity index (χ2v) is 4.35. The monoisotopic (exact) mass is 284 g/mol. The number of hydrogen-bond acceptors (Lipinski definition) is 4. The van der Waals surface area contributed by atoms with Gasteiger partial charge in [0.15, 0.2) is 6.10 Å². The van der Waals surface area contributed by atoms with E-state index in [1.165, 1.54) is 19.2 Å².